The van der Waals surface area contributed by atoms with Crippen molar-refractivity contribution in [3.8, 4) is 0 Å². The zero-order valence-corrected chi connectivity index (χ0v) is 9.66. The van der Waals surface area contributed by atoms with E-state index in [9.17, 15) is 9.90 Å². The molecule has 3 N–H and O–H groups in total. The van der Waals surface area contributed by atoms with E-state index in [1.54, 1.807) is 7.05 Å². The Morgan fingerprint density at radius 2 is 2.12 bits per heavy atom. The predicted octanol–water partition coefficient (Wildman–Crippen LogP) is 0.364. The summed E-state index contributed by atoms with van der Waals surface area (Å²) in [5.41, 5.74) is 1.88. The molecule has 0 aliphatic rings. The lowest BCUT2D eigenvalue weighted by atomic mass is 10.0. The SMILES string of the molecule is CNCC(=O)NCC(O)c1ccccc1C. The van der Waals surface area contributed by atoms with Gasteiger partial charge in [-0.15, -0.1) is 0 Å². The lowest BCUT2D eigenvalue weighted by Crippen LogP contribution is -2.34. The number of rotatable bonds is 5. The molecule has 0 bridgehead atoms. The van der Waals surface area contributed by atoms with Crippen molar-refractivity contribution in [1.82, 2.24) is 10.6 Å². The van der Waals surface area contributed by atoms with E-state index in [-0.39, 0.29) is 19.0 Å². The number of carbonyl (C=O) groups excluding carboxylic acids is 1. The van der Waals surface area contributed by atoms with Crippen molar-refractivity contribution < 1.29 is 9.90 Å². The van der Waals surface area contributed by atoms with Gasteiger partial charge < -0.3 is 15.7 Å². The van der Waals surface area contributed by atoms with Crippen LogP contribution in [0, 0.1) is 6.92 Å². The summed E-state index contributed by atoms with van der Waals surface area (Å²) in [7, 11) is 1.71. The second kappa shape index (κ2) is 6.25. The number of hydrogen-bond acceptors (Lipinski definition) is 3. The molecule has 4 nitrogen and oxygen atoms in total. The molecule has 88 valence electrons. The van der Waals surface area contributed by atoms with E-state index in [4.69, 9.17) is 0 Å². The molecule has 1 aromatic rings. The van der Waals surface area contributed by atoms with Crippen LogP contribution in [0.5, 0.6) is 0 Å². The fourth-order valence-corrected chi connectivity index (χ4v) is 1.50. The quantitative estimate of drug-likeness (QED) is 0.674. The molecule has 0 heterocycles. The highest BCUT2D eigenvalue weighted by Crippen LogP contribution is 2.15. The Labute approximate surface area is 95.7 Å². The van der Waals surface area contributed by atoms with Gasteiger partial charge in [0.05, 0.1) is 12.6 Å². The Morgan fingerprint density at radius 3 is 2.75 bits per heavy atom. The summed E-state index contributed by atoms with van der Waals surface area (Å²) in [6.45, 7) is 2.44. The minimum absolute atomic E-state index is 0.116. The zero-order chi connectivity index (χ0) is 12.0. The largest absolute Gasteiger partial charge is 0.387 e. The van der Waals surface area contributed by atoms with E-state index in [0.29, 0.717) is 0 Å². The Morgan fingerprint density at radius 1 is 1.44 bits per heavy atom. The lowest BCUT2D eigenvalue weighted by molar-refractivity contribution is -0.120. The molecule has 0 aliphatic carbocycles. The molecule has 1 atom stereocenters. The zero-order valence-electron chi connectivity index (χ0n) is 9.66. The number of aliphatic hydroxyl groups is 1. The Hall–Kier alpha value is -1.39. The Kier molecular flexibility index (Phi) is 4.95. The van der Waals surface area contributed by atoms with E-state index in [1.165, 1.54) is 0 Å². The standard InChI is InChI=1S/C12H18N2O2/c1-9-5-3-4-6-10(9)11(15)7-14-12(16)8-13-2/h3-6,11,13,15H,7-8H2,1-2H3,(H,14,16). The topological polar surface area (TPSA) is 61.4 Å². The van der Waals surface area contributed by atoms with Gasteiger partial charge in [0.1, 0.15) is 0 Å². The summed E-state index contributed by atoms with van der Waals surface area (Å²) in [6.07, 6.45) is -0.651. The van der Waals surface area contributed by atoms with Crippen LogP contribution >= 0.6 is 0 Å². The fraction of sp³-hybridized carbons (Fsp3) is 0.417. The van der Waals surface area contributed by atoms with E-state index in [2.05, 4.69) is 10.6 Å². The number of amides is 1. The molecule has 0 spiro atoms. The molecule has 1 aromatic carbocycles. The minimum Gasteiger partial charge on any atom is -0.387 e. The average Bonchev–Trinajstić information content (AvgIpc) is 2.27. The lowest BCUT2D eigenvalue weighted by Gasteiger charge is -2.14. The third-order valence-electron chi connectivity index (χ3n) is 2.38. The first-order chi connectivity index (χ1) is 7.65. The van der Waals surface area contributed by atoms with E-state index in [1.807, 2.05) is 31.2 Å². The van der Waals surface area contributed by atoms with Crippen LogP contribution in [-0.4, -0.2) is 31.2 Å². The molecule has 0 saturated heterocycles. The maximum Gasteiger partial charge on any atom is 0.234 e. The van der Waals surface area contributed by atoms with Crippen molar-refractivity contribution in [2.24, 2.45) is 0 Å². The van der Waals surface area contributed by atoms with Crippen LogP contribution in [0.2, 0.25) is 0 Å². The van der Waals surface area contributed by atoms with Crippen LogP contribution in [0.25, 0.3) is 0 Å². The molecule has 1 unspecified atom stereocenters. The number of benzene rings is 1. The predicted molar refractivity (Wildman–Crippen MR) is 63.1 cm³/mol. The van der Waals surface area contributed by atoms with Crippen LogP contribution in [-0.2, 0) is 4.79 Å². The summed E-state index contributed by atoms with van der Waals surface area (Å²) >= 11 is 0. The normalized spacial score (nSPS) is 12.2. The van der Waals surface area contributed by atoms with Gasteiger partial charge in [0, 0.05) is 6.54 Å². The second-order valence-electron chi connectivity index (χ2n) is 3.71. The highest BCUT2D eigenvalue weighted by Gasteiger charge is 2.10. The Bertz CT molecular complexity index is 353. The third kappa shape index (κ3) is 3.64. The molecule has 0 aliphatic heterocycles. The van der Waals surface area contributed by atoms with Gasteiger partial charge >= 0.3 is 0 Å². The van der Waals surface area contributed by atoms with Crippen molar-refractivity contribution in [3.63, 3.8) is 0 Å². The second-order valence-corrected chi connectivity index (χ2v) is 3.71. The molecule has 0 saturated carbocycles. The van der Waals surface area contributed by atoms with Crippen LogP contribution in [0.3, 0.4) is 0 Å². The van der Waals surface area contributed by atoms with Gasteiger partial charge in [-0.05, 0) is 25.1 Å². The van der Waals surface area contributed by atoms with Gasteiger partial charge in [-0.2, -0.15) is 0 Å². The molecule has 16 heavy (non-hydrogen) atoms. The fourth-order valence-electron chi connectivity index (χ4n) is 1.50. The van der Waals surface area contributed by atoms with E-state index >= 15 is 0 Å². The third-order valence-corrected chi connectivity index (χ3v) is 2.38. The molecular formula is C12H18N2O2. The smallest absolute Gasteiger partial charge is 0.234 e. The molecule has 4 heteroatoms. The van der Waals surface area contributed by atoms with Crippen LogP contribution < -0.4 is 10.6 Å². The van der Waals surface area contributed by atoms with Crippen molar-refractivity contribution >= 4 is 5.91 Å². The molecule has 0 fully saturated rings. The summed E-state index contributed by atoms with van der Waals surface area (Å²) in [5, 5.41) is 15.3. The maximum absolute atomic E-state index is 11.2. The first kappa shape index (κ1) is 12.7. The van der Waals surface area contributed by atoms with Crippen LogP contribution in [0.15, 0.2) is 24.3 Å². The first-order valence-electron chi connectivity index (χ1n) is 5.30. The molecular weight excluding hydrogens is 204 g/mol. The molecule has 0 aromatic heterocycles. The summed E-state index contributed by atoms with van der Waals surface area (Å²) in [6, 6.07) is 7.60. The van der Waals surface area contributed by atoms with E-state index < -0.39 is 6.10 Å². The number of nitrogens with one attached hydrogen (secondary N) is 2. The highest BCUT2D eigenvalue weighted by atomic mass is 16.3. The van der Waals surface area contributed by atoms with Crippen molar-refractivity contribution in [2.45, 2.75) is 13.0 Å². The average molecular weight is 222 g/mol. The van der Waals surface area contributed by atoms with Gasteiger partial charge in [-0.25, -0.2) is 0 Å². The first-order valence-corrected chi connectivity index (χ1v) is 5.30. The summed E-state index contributed by atoms with van der Waals surface area (Å²) < 4.78 is 0. The van der Waals surface area contributed by atoms with Crippen LogP contribution in [0.1, 0.15) is 17.2 Å². The summed E-state index contributed by atoms with van der Waals surface area (Å²) in [4.78, 5) is 11.2. The van der Waals surface area contributed by atoms with Gasteiger partial charge in [0.15, 0.2) is 0 Å². The number of hydrogen-bond donors (Lipinski definition) is 3. The van der Waals surface area contributed by atoms with Crippen molar-refractivity contribution in [2.75, 3.05) is 20.1 Å². The number of aliphatic hydroxyl groups excluding tert-OH is 1. The number of aryl methyl sites for hydroxylation is 1. The van der Waals surface area contributed by atoms with Crippen molar-refractivity contribution in [1.29, 1.82) is 0 Å². The minimum atomic E-state index is -0.651. The molecule has 0 radical (unpaired) electrons. The van der Waals surface area contributed by atoms with Gasteiger partial charge in [-0.1, -0.05) is 24.3 Å². The highest BCUT2D eigenvalue weighted by molar-refractivity contribution is 5.77. The number of likely N-dealkylation sites (N-methyl/N-ethyl adjacent to an activating group) is 1. The monoisotopic (exact) mass is 222 g/mol. The van der Waals surface area contributed by atoms with Gasteiger partial charge in [0.25, 0.3) is 0 Å². The molecule has 1 rings (SSSR count). The van der Waals surface area contributed by atoms with Gasteiger partial charge in [-0.3, -0.25) is 4.79 Å². The van der Waals surface area contributed by atoms with E-state index in [0.717, 1.165) is 11.1 Å². The van der Waals surface area contributed by atoms with Crippen molar-refractivity contribution in [3.05, 3.63) is 35.4 Å². The molecule has 1 amide bonds. The van der Waals surface area contributed by atoms with Crippen LogP contribution in [0.4, 0.5) is 0 Å². The number of carbonyl (C=O) groups is 1. The van der Waals surface area contributed by atoms with Gasteiger partial charge in [0.2, 0.25) is 5.91 Å². The Balaban J connectivity index is 2.50. The maximum atomic E-state index is 11.2. The summed E-state index contributed by atoms with van der Waals surface area (Å²) in [5.74, 6) is -0.116.